The number of benzene rings is 1. The number of nitrogens with zero attached hydrogens (tertiary/aromatic N) is 1. The molecule has 0 fully saturated rings. The van der Waals surface area contributed by atoms with Gasteiger partial charge in [0.25, 0.3) is 0 Å². The fraction of sp³-hybridized carbons (Fsp3) is 0.214. The summed E-state index contributed by atoms with van der Waals surface area (Å²) in [4.78, 5) is 3.93. The van der Waals surface area contributed by atoms with Gasteiger partial charge in [0.1, 0.15) is 0 Å². The van der Waals surface area contributed by atoms with E-state index in [1.54, 1.807) is 12.4 Å². The third-order valence-corrected chi connectivity index (χ3v) is 4.05. The van der Waals surface area contributed by atoms with Crippen LogP contribution in [0.1, 0.15) is 22.8 Å². The molecule has 1 atom stereocenters. The molecule has 0 radical (unpaired) electrons. The summed E-state index contributed by atoms with van der Waals surface area (Å²) in [6.45, 7) is 2.01. The first kappa shape index (κ1) is 13.5. The van der Waals surface area contributed by atoms with Crippen molar-refractivity contribution in [2.45, 2.75) is 19.4 Å². The lowest BCUT2D eigenvalue weighted by atomic mass is 10.0. The SMILES string of the molecule is Cc1ccc(C(O)Cc2ccncc2Cl)cc1Br. The van der Waals surface area contributed by atoms with E-state index in [0.717, 1.165) is 21.2 Å². The highest BCUT2D eigenvalue weighted by atomic mass is 79.9. The fourth-order valence-electron chi connectivity index (χ4n) is 1.71. The maximum Gasteiger partial charge on any atom is 0.0831 e. The van der Waals surface area contributed by atoms with Crippen LogP contribution in [0.15, 0.2) is 41.1 Å². The van der Waals surface area contributed by atoms with Crippen molar-refractivity contribution in [1.82, 2.24) is 4.98 Å². The second kappa shape index (κ2) is 5.83. The Balaban J connectivity index is 2.19. The minimum atomic E-state index is -0.568. The molecule has 0 spiro atoms. The van der Waals surface area contributed by atoms with E-state index in [9.17, 15) is 5.11 Å². The van der Waals surface area contributed by atoms with Gasteiger partial charge in [-0.05, 0) is 35.7 Å². The van der Waals surface area contributed by atoms with Gasteiger partial charge in [-0.2, -0.15) is 0 Å². The van der Waals surface area contributed by atoms with Gasteiger partial charge in [0.05, 0.1) is 11.1 Å². The van der Waals surface area contributed by atoms with Crippen molar-refractivity contribution in [3.05, 3.63) is 62.8 Å². The molecule has 94 valence electrons. The summed E-state index contributed by atoms with van der Waals surface area (Å²) in [5, 5.41) is 10.8. The van der Waals surface area contributed by atoms with Gasteiger partial charge >= 0.3 is 0 Å². The van der Waals surface area contributed by atoms with Gasteiger partial charge in [-0.1, -0.05) is 39.7 Å². The molecule has 1 aromatic carbocycles. The van der Waals surface area contributed by atoms with Gasteiger partial charge in [0.2, 0.25) is 0 Å². The van der Waals surface area contributed by atoms with Crippen molar-refractivity contribution in [3.63, 3.8) is 0 Å². The lowest BCUT2D eigenvalue weighted by molar-refractivity contribution is 0.178. The van der Waals surface area contributed by atoms with Crippen molar-refractivity contribution in [2.75, 3.05) is 0 Å². The van der Waals surface area contributed by atoms with Crippen molar-refractivity contribution >= 4 is 27.5 Å². The first-order valence-electron chi connectivity index (χ1n) is 5.60. The number of halogens is 2. The fourth-order valence-corrected chi connectivity index (χ4v) is 2.31. The number of hydrogen-bond acceptors (Lipinski definition) is 2. The highest BCUT2D eigenvalue weighted by Crippen LogP contribution is 2.26. The first-order chi connectivity index (χ1) is 8.58. The molecule has 1 unspecified atom stereocenters. The molecule has 1 heterocycles. The lowest BCUT2D eigenvalue weighted by Crippen LogP contribution is -2.02. The Morgan fingerprint density at radius 1 is 1.39 bits per heavy atom. The van der Waals surface area contributed by atoms with Crippen molar-refractivity contribution in [2.24, 2.45) is 0 Å². The average molecular weight is 327 g/mol. The highest BCUT2D eigenvalue weighted by molar-refractivity contribution is 9.10. The van der Waals surface area contributed by atoms with Crippen LogP contribution in [-0.4, -0.2) is 10.1 Å². The molecule has 2 aromatic rings. The molecule has 18 heavy (non-hydrogen) atoms. The summed E-state index contributed by atoms with van der Waals surface area (Å²) in [5.74, 6) is 0. The van der Waals surface area contributed by atoms with E-state index in [2.05, 4.69) is 20.9 Å². The number of hydrogen-bond donors (Lipinski definition) is 1. The largest absolute Gasteiger partial charge is 0.388 e. The Hall–Kier alpha value is -0.900. The van der Waals surface area contributed by atoms with Crippen LogP contribution < -0.4 is 0 Å². The Labute approximate surface area is 120 Å². The molecule has 0 saturated heterocycles. The van der Waals surface area contributed by atoms with E-state index >= 15 is 0 Å². The highest BCUT2D eigenvalue weighted by Gasteiger charge is 2.11. The van der Waals surface area contributed by atoms with Crippen molar-refractivity contribution in [1.29, 1.82) is 0 Å². The van der Waals surface area contributed by atoms with Crippen LogP contribution in [0.25, 0.3) is 0 Å². The molecular formula is C14H13BrClNO. The second-order valence-corrected chi connectivity index (χ2v) is 5.46. The normalized spacial score (nSPS) is 12.4. The summed E-state index contributed by atoms with van der Waals surface area (Å²) in [5.41, 5.74) is 2.92. The number of aromatic nitrogens is 1. The number of aryl methyl sites for hydroxylation is 1. The van der Waals surface area contributed by atoms with Gasteiger partial charge in [-0.15, -0.1) is 0 Å². The first-order valence-corrected chi connectivity index (χ1v) is 6.77. The summed E-state index contributed by atoms with van der Waals surface area (Å²) in [6, 6.07) is 7.68. The van der Waals surface area contributed by atoms with E-state index in [1.807, 2.05) is 31.2 Å². The molecule has 1 N–H and O–H groups in total. The van der Waals surface area contributed by atoms with Crippen molar-refractivity contribution < 1.29 is 5.11 Å². The Morgan fingerprint density at radius 3 is 2.83 bits per heavy atom. The van der Waals surface area contributed by atoms with Crippen LogP contribution in [0.2, 0.25) is 5.02 Å². The minimum Gasteiger partial charge on any atom is -0.388 e. The molecule has 0 amide bonds. The molecule has 0 bridgehead atoms. The monoisotopic (exact) mass is 325 g/mol. The maximum atomic E-state index is 10.2. The predicted molar refractivity (Wildman–Crippen MR) is 76.8 cm³/mol. The predicted octanol–water partition coefficient (Wildman–Crippen LogP) is 4.08. The van der Waals surface area contributed by atoms with Gasteiger partial charge in [-0.25, -0.2) is 0 Å². The van der Waals surface area contributed by atoms with Gasteiger partial charge in [0, 0.05) is 23.3 Å². The Kier molecular flexibility index (Phi) is 4.38. The van der Waals surface area contributed by atoms with Crippen LogP contribution >= 0.6 is 27.5 Å². The van der Waals surface area contributed by atoms with Crippen LogP contribution in [0.4, 0.5) is 0 Å². The molecule has 2 rings (SSSR count). The summed E-state index contributed by atoms with van der Waals surface area (Å²) >= 11 is 9.50. The van der Waals surface area contributed by atoms with Crippen LogP contribution in [0.3, 0.4) is 0 Å². The summed E-state index contributed by atoms with van der Waals surface area (Å²) in [6.07, 6.45) is 3.19. The van der Waals surface area contributed by atoms with Crippen LogP contribution in [0.5, 0.6) is 0 Å². The average Bonchev–Trinajstić information content (AvgIpc) is 2.35. The molecule has 0 saturated carbocycles. The van der Waals surface area contributed by atoms with E-state index in [1.165, 1.54) is 0 Å². The number of pyridine rings is 1. The third-order valence-electron chi connectivity index (χ3n) is 2.85. The van der Waals surface area contributed by atoms with Crippen LogP contribution in [0, 0.1) is 6.92 Å². The van der Waals surface area contributed by atoms with Gasteiger partial charge in [-0.3, -0.25) is 4.98 Å². The maximum absolute atomic E-state index is 10.2. The molecule has 0 aliphatic heterocycles. The topological polar surface area (TPSA) is 33.1 Å². The molecule has 0 aliphatic carbocycles. The summed E-state index contributed by atoms with van der Waals surface area (Å²) in [7, 11) is 0. The molecule has 2 nitrogen and oxygen atoms in total. The molecule has 4 heteroatoms. The lowest BCUT2D eigenvalue weighted by Gasteiger charge is -2.13. The zero-order valence-electron chi connectivity index (χ0n) is 9.90. The van der Waals surface area contributed by atoms with E-state index < -0.39 is 6.10 Å². The van der Waals surface area contributed by atoms with E-state index in [4.69, 9.17) is 11.6 Å². The van der Waals surface area contributed by atoms with Gasteiger partial charge in [0.15, 0.2) is 0 Å². The third kappa shape index (κ3) is 3.10. The number of aliphatic hydroxyl groups excluding tert-OH is 1. The zero-order valence-corrected chi connectivity index (χ0v) is 12.2. The number of aliphatic hydroxyl groups is 1. The molecular weight excluding hydrogens is 314 g/mol. The smallest absolute Gasteiger partial charge is 0.0831 e. The minimum absolute atomic E-state index is 0.483. The quantitative estimate of drug-likeness (QED) is 0.922. The number of rotatable bonds is 3. The van der Waals surface area contributed by atoms with E-state index in [0.29, 0.717) is 11.4 Å². The Bertz CT molecular complexity index is 559. The second-order valence-electron chi connectivity index (χ2n) is 4.20. The summed E-state index contributed by atoms with van der Waals surface area (Å²) < 4.78 is 1.000. The van der Waals surface area contributed by atoms with Crippen LogP contribution in [-0.2, 0) is 6.42 Å². The standard InChI is InChI=1S/C14H13BrClNO/c1-9-2-3-11(6-12(9)15)14(18)7-10-4-5-17-8-13(10)16/h2-6,8,14,18H,7H2,1H3. The van der Waals surface area contributed by atoms with E-state index in [-0.39, 0.29) is 0 Å². The van der Waals surface area contributed by atoms with Gasteiger partial charge < -0.3 is 5.11 Å². The zero-order chi connectivity index (χ0) is 13.1. The molecule has 0 aliphatic rings. The van der Waals surface area contributed by atoms with Crippen molar-refractivity contribution in [3.8, 4) is 0 Å². The Morgan fingerprint density at radius 2 is 2.17 bits per heavy atom. The molecule has 1 aromatic heterocycles.